The van der Waals surface area contributed by atoms with Crippen LogP contribution in [0.15, 0.2) is 35.7 Å². The van der Waals surface area contributed by atoms with E-state index in [-0.39, 0.29) is 17.6 Å². The molecule has 1 aliphatic rings. The molecule has 18 heavy (non-hydrogen) atoms. The molecular formula is C16H18F2. The number of halogens is 2. The largest absolute Gasteiger partial charge is 0.207 e. The molecule has 0 bridgehead atoms. The third kappa shape index (κ3) is 2.38. The summed E-state index contributed by atoms with van der Waals surface area (Å²) in [6.45, 7) is 5.82. The quantitative estimate of drug-likeness (QED) is 0.675. The summed E-state index contributed by atoms with van der Waals surface area (Å²) in [5.41, 5.74) is 2.91. The normalized spacial score (nSPS) is 16.2. The Morgan fingerprint density at radius 2 is 1.89 bits per heavy atom. The SMILES string of the molecule is Cc1ccc(C2=C(C(C)C)CCC=C2F)cc1F. The lowest BCUT2D eigenvalue weighted by molar-refractivity contribution is 0.615. The second-order valence-electron chi connectivity index (χ2n) is 5.11. The van der Waals surface area contributed by atoms with Crippen LogP contribution in [0.5, 0.6) is 0 Å². The lowest BCUT2D eigenvalue weighted by Crippen LogP contribution is -2.04. The van der Waals surface area contributed by atoms with Gasteiger partial charge in [-0.1, -0.05) is 31.6 Å². The molecule has 0 spiro atoms. The minimum absolute atomic E-state index is 0.215. The van der Waals surface area contributed by atoms with Crippen molar-refractivity contribution in [1.29, 1.82) is 0 Å². The molecular weight excluding hydrogens is 230 g/mol. The van der Waals surface area contributed by atoms with Crippen molar-refractivity contribution in [2.45, 2.75) is 33.6 Å². The van der Waals surface area contributed by atoms with Crippen molar-refractivity contribution in [1.82, 2.24) is 0 Å². The lowest BCUT2D eigenvalue weighted by atomic mass is 9.85. The molecule has 1 aromatic rings. The van der Waals surface area contributed by atoms with Crippen molar-refractivity contribution in [2.24, 2.45) is 5.92 Å². The first kappa shape index (κ1) is 13.0. The van der Waals surface area contributed by atoms with Gasteiger partial charge in [0.25, 0.3) is 0 Å². The van der Waals surface area contributed by atoms with Crippen molar-refractivity contribution in [3.8, 4) is 0 Å². The van der Waals surface area contributed by atoms with Gasteiger partial charge >= 0.3 is 0 Å². The van der Waals surface area contributed by atoms with E-state index in [1.807, 2.05) is 0 Å². The maximum atomic E-state index is 14.1. The highest BCUT2D eigenvalue weighted by Gasteiger charge is 2.20. The predicted molar refractivity (Wildman–Crippen MR) is 71.3 cm³/mol. The van der Waals surface area contributed by atoms with Gasteiger partial charge in [-0.15, -0.1) is 0 Å². The van der Waals surface area contributed by atoms with E-state index in [1.54, 1.807) is 25.1 Å². The average Bonchev–Trinajstić information content (AvgIpc) is 2.32. The molecule has 0 heterocycles. The highest BCUT2D eigenvalue weighted by molar-refractivity contribution is 5.80. The summed E-state index contributed by atoms with van der Waals surface area (Å²) >= 11 is 0. The Morgan fingerprint density at radius 3 is 2.50 bits per heavy atom. The first-order valence-electron chi connectivity index (χ1n) is 6.36. The summed E-state index contributed by atoms with van der Waals surface area (Å²) in [6, 6.07) is 4.94. The van der Waals surface area contributed by atoms with Crippen LogP contribution in [0.1, 0.15) is 37.8 Å². The van der Waals surface area contributed by atoms with Gasteiger partial charge in [0.2, 0.25) is 0 Å². The number of allylic oxidation sites excluding steroid dienone is 4. The van der Waals surface area contributed by atoms with E-state index in [0.29, 0.717) is 16.7 Å². The molecule has 0 fully saturated rings. The smallest absolute Gasteiger partial charge is 0.127 e. The van der Waals surface area contributed by atoms with Gasteiger partial charge in [0.1, 0.15) is 11.6 Å². The molecule has 0 aliphatic heterocycles. The predicted octanol–water partition coefficient (Wildman–Crippen LogP) is 5.19. The Kier molecular flexibility index (Phi) is 3.65. The Labute approximate surface area is 107 Å². The van der Waals surface area contributed by atoms with Gasteiger partial charge in [0, 0.05) is 5.57 Å². The van der Waals surface area contributed by atoms with E-state index in [9.17, 15) is 8.78 Å². The van der Waals surface area contributed by atoms with Crippen LogP contribution in [0.4, 0.5) is 8.78 Å². The minimum atomic E-state index is -0.276. The Balaban J connectivity index is 2.57. The van der Waals surface area contributed by atoms with Crippen LogP contribution < -0.4 is 0 Å². The summed E-state index contributed by atoms with van der Waals surface area (Å²) in [7, 11) is 0. The molecule has 2 rings (SSSR count). The van der Waals surface area contributed by atoms with Gasteiger partial charge < -0.3 is 0 Å². The van der Waals surface area contributed by atoms with E-state index in [2.05, 4.69) is 13.8 Å². The summed E-state index contributed by atoms with van der Waals surface area (Å²) in [6.07, 6.45) is 3.19. The molecule has 0 nitrogen and oxygen atoms in total. The zero-order chi connectivity index (χ0) is 13.3. The van der Waals surface area contributed by atoms with E-state index in [1.165, 1.54) is 6.07 Å². The number of rotatable bonds is 2. The lowest BCUT2D eigenvalue weighted by Gasteiger charge is -2.21. The summed E-state index contributed by atoms with van der Waals surface area (Å²) in [4.78, 5) is 0. The fourth-order valence-electron chi connectivity index (χ4n) is 2.38. The molecule has 2 heteroatoms. The van der Waals surface area contributed by atoms with Gasteiger partial charge in [0.05, 0.1) is 0 Å². The maximum absolute atomic E-state index is 14.1. The van der Waals surface area contributed by atoms with Crippen molar-refractivity contribution in [2.75, 3.05) is 0 Å². The van der Waals surface area contributed by atoms with Crippen molar-refractivity contribution < 1.29 is 8.78 Å². The van der Waals surface area contributed by atoms with Crippen molar-refractivity contribution in [3.05, 3.63) is 52.6 Å². The topological polar surface area (TPSA) is 0 Å². The Morgan fingerprint density at radius 1 is 1.17 bits per heavy atom. The molecule has 1 aromatic carbocycles. The highest BCUT2D eigenvalue weighted by atomic mass is 19.1. The third-order valence-electron chi connectivity index (χ3n) is 3.45. The van der Waals surface area contributed by atoms with Gasteiger partial charge in [-0.3, -0.25) is 0 Å². The molecule has 1 aliphatic carbocycles. The van der Waals surface area contributed by atoms with Gasteiger partial charge in [-0.2, -0.15) is 0 Å². The van der Waals surface area contributed by atoms with Crippen LogP contribution in [0, 0.1) is 18.7 Å². The minimum Gasteiger partial charge on any atom is -0.207 e. The average molecular weight is 248 g/mol. The molecule has 0 unspecified atom stereocenters. The molecule has 0 saturated carbocycles. The fourth-order valence-corrected chi connectivity index (χ4v) is 2.38. The maximum Gasteiger partial charge on any atom is 0.127 e. The van der Waals surface area contributed by atoms with E-state index >= 15 is 0 Å². The first-order valence-corrected chi connectivity index (χ1v) is 6.36. The van der Waals surface area contributed by atoms with Crippen molar-refractivity contribution >= 4 is 5.57 Å². The summed E-state index contributed by atoms with van der Waals surface area (Å²) < 4.78 is 27.7. The van der Waals surface area contributed by atoms with Crippen LogP contribution in [0.2, 0.25) is 0 Å². The molecule has 0 aromatic heterocycles. The first-order chi connectivity index (χ1) is 8.50. The fraction of sp³-hybridized carbons (Fsp3) is 0.375. The molecule has 96 valence electrons. The highest BCUT2D eigenvalue weighted by Crippen LogP contribution is 2.37. The van der Waals surface area contributed by atoms with Crippen LogP contribution in [-0.2, 0) is 0 Å². The van der Waals surface area contributed by atoms with Gasteiger partial charge in [-0.25, -0.2) is 8.78 Å². The number of aryl methyl sites for hydroxylation is 1. The summed E-state index contributed by atoms with van der Waals surface area (Å²) in [5.74, 6) is -0.210. The van der Waals surface area contributed by atoms with Crippen LogP contribution in [0.3, 0.4) is 0 Å². The van der Waals surface area contributed by atoms with Gasteiger partial charge in [0.15, 0.2) is 0 Å². The monoisotopic (exact) mass is 248 g/mol. The zero-order valence-corrected chi connectivity index (χ0v) is 11.1. The van der Waals surface area contributed by atoms with E-state index in [4.69, 9.17) is 0 Å². The van der Waals surface area contributed by atoms with Gasteiger partial charge in [-0.05, 0) is 49.0 Å². The van der Waals surface area contributed by atoms with Crippen LogP contribution in [0.25, 0.3) is 5.57 Å². The van der Waals surface area contributed by atoms with Crippen molar-refractivity contribution in [3.63, 3.8) is 0 Å². The molecule has 0 radical (unpaired) electrons. The standard InChI is InChI=1S/C16H18F2/c1-10(2)13-5-4-6-14(17)16(13)12-8-7-11(3)15(18)9-12/h6-10H,4-5H2,1-3H3. The molecule has 0 N–H and O–H groups in total. The molecule has 0 amide bonds. The Hall–Kier alpha value is -1.44. The molecule has 0 atom stereocenters. The number of hydrogen-bond acceptors (Lipinski definition) is 0. The zero-order valence-electron chi connectivity index (χ0n) is 11.1. The van der Waals surface area contributed by atoms with Crippen LogP contribution >= 0.6 is 0 Å². The third-order valence-corrected chi connectivity index (χ3v) is 3.45. The van der Waals surface area contributed by atoms with Crippen LogP contribution in [-0.4, -0.2) is 0 Å². The second-order valence-corrected chi connectivity index (χ2v) is 5.11. The molecule has 0 saturated heterocycles. The number of benzene rings is 1. The Bertz CT molecular complexity index is 522. The summed E-state index contributed by atoms with van der Waals surface area (Å²) in [5, 5.41) is 0. The van der Waals surface area contributed by atoms with E-state index < -0.39 is 0 Å². The second kappa shape index (κ2) is 5.05. The number of hydrogen-bond donors (Lipinski definition) is 0. The van der Waals surface area contributed by atoms with E-state index in [0.717, 1.165) is 18.4 Å².